The molecule has 2 aromatic carbocycles. The largest absolute Gasteiger partial charge is 0.506 e. The monoisotopic (exact) mass is 254 g/mol. The van der Waals surface area contributed by atoms with Gasteiger partial charge in [-0.1, -0.05) is 24.3 Å². The number of hydrogen-bond acceptors (Lipinski definition) is 3. The molecule has 2 rings (SSSR count). The van der Waals surface area contributed by atoms with Crippen molar-refractivity contribution in [2.45, 2.75) is 0 Å². The minimum Gasteiger partial charge on any atom is -0.506 e. The molecule has 0 radical (unpaired) electrons. The third-order valence-electron chi connectivity index (χ3n) is 2.50. The average molecular weight is 254 g/mol. The molecule has 0 fully saturated rings. The minimum atomic E-state index is -0.316. The van der Waals surface area contributed by atoms with E-state index in [0.717, 1.165) is 5.56 Å². The van der Waals surface area contributed by atoms with Crippen LogP contribution in [-0.4, -0.2) is 11.0 Å². The first-order valence-electron chi connectivity index (χ1n) is 5.78. The maximum Gasteiger partial charge on any atom is 0.248 e. The second-order valence-corrected chi connectivity index (χ2v) is 4.01. The molecule has 0 aliphatic carbocycles. The summed E-state index contributed by atoms with van der Waals surface area (Å²) in [6.45, 7) is 0. The normalized spacial score (nSPS) is 10.5. The highest BCUT2D eigenvalue weighted by Crippen LogP contribution is 2.21. The van der Waals surface area contributed by atoms with E-state index in [4.69, 9.17) is 5.73 Å². The number of nitrogen functional groups attached to an aromatic ring is 1. The Kier molecular flexibility index (Phi) is 3.83. The van der Waals surface area contributed by atoms with Gasteiger partial charge in [-0.25, -0.2) is 0 Å². The summed E-state index contributed by atoms with van der Waals surface area (Å²) in [4.78, 5) is 11.7. The zero-order valence-electron chi connectivity index (χ0n) is 10.2. The summed E-state index contributed by atoms with van der Waals surface area (Å²) in [5, 5.41) is 12.1. The summed E-state index contributed by atoms with van der Waals surface area (Å²) in [5.41, 5.74) is 7.50. The summed E-state index contributed by atoms with van der Waals surface area (Å²) in [5.74, 6) is -0.280. The molecule has 4 nitrogen and oxygen atoms in total. The Morgan fingerprint density at radius 2 is 1.95 bits per heavy atom. The van der Waals surface area contributed by atoms with Crippen LogP contribution in [0.1, 0.15) is 5.56 Å². The average Bonchev–Trinajstić information content (AvgIpc) is 2.39. The number of aromatic hydroxyl groups is 1. The molecule has 0 atom stereocenters. The molecule has 96 valence electrons. The fraction of sp³-hybridized carbons (Fsp3) is 0. The first kappa shape index (κ1) is 12.7. The molecule has 19 heavy (non-hydrogen) atoms. The molecule has 4 N–H and O–H groups in total. The van der Waals surface area contributed by atoms with Crippen molar-refractivity contribution >= 4 is 23.4 Å². The van der Waals surface area contributed by atoms with Crippen molar-refractivity contribution in [1.82, 2.24) is 0 Å². The number of para-hydroxylation sites is 2. The van der Waals surface area contributed by atoms with Crippen LogP contribution in [0.25, 0.3) is 6.08 Å². The molecule has 4 heteroatoms. The lowest BCUT2D eigenvalue weighted by Crippen LogP contribution is -2.07. The van der Waals surface area contributed by atoms with Crippen LogP contribution in [0.15, 0.2) is 54.6 Å². The number of carbonyl (C=O) groups excluding carboxylic acids is 1. The molecule has 0 spiro atoms. The number of carbonyl (C=O) groups is 1. The van der Waals surface area contributed by atoms with Gasteiger partial charge in [0, 0.05) is 11.8 Å². The topological polar surface area (TPSA) is 75.4 Å². The molecule has 0 aromatic heterocycles. The maximum atomic E-state index is 11.7. The molecule has 0 aliphatic heterocycles. The highest BCUT2D eigenvalue weighted by Gasteiger charge is 2.01. The Morgan fingerprint density at radius 1 is 1.16 bits per heavy atom. The zero-order valence-corrected chi connectivity index (χ0v) is 10.2. The molecule has 0 bridgehead atoms. The molecule has 0 aliphatic rings. The second-order valence-electron chi connectivity index (χ2n) is 4.01. The van der Waals surface area contributed by atoms with Crippen LogP contribution >= 0.6 is 0 Å². The van der Waals surface area contributed by atoms with Crippen LogP contribution in [-0.2, 0) is 4.79 Å². The molecule has 0 saturated carbocycles. The molecule has 1 amide bonds. The molecule has 0 saturated heterocycles. The van der Waals surface area contributed by atoms with Crippen molar-refractivity contribution in [2.75, 3.05) is 11.1 Å². The summed E-state index contributed by atoms with van der Waals surface area (Å²) in [6, 6.07) is 13.8. The number of phenols is 1. The molecule has 2 aromatic rings. The van der Waals surface area contributed by atoms with Gasteiger partial charge in [-0.2, -0.15) is 0 Å². The lowest BCUT2D eigenvalue weighted by atomic mass is 10.2. The number of amides is 1. The van der Waals surface area contributed by atoms with E-state index >= 15 is 0 Å². The van der Waals surface area contributed by atoms with E-state index in [1.54, 1.807) is 36.4 Å². The lowest BCUT2D eigenvalue weighted by Gasteiger charge is -2.03. The van der Waals surface area contributed by atoms with Crippen molar-refractivity contribution in [3.8, 4) is 5.75 Å². The van der Waals surface area contributed by atoms with Gasteiger partial charge in [0.05, 0.1) is 5.69 Å². The van der Waals surface area contributed by atoms with E-state index in [9.17, 15) is 9.90 Å². The Balaban J connectivity index is 2.04. The van der Waals surface area contributed by atoms with Gasteiger partial charge in [-0.3, -0.25) is 4.79 Å². The molecular weight excluding hydrogens is 240 g/mol. The van der Waals surface area contributed by atoms with Crippen LogP contribution in [0.4, 0.5) is 11.4 Å². The minimum absolute atomic E-state index is 0.0354. The zero-order chi connectivity index (χ0) is 13.7. The van der Waals surface area contributed by atoms with Crippen molar-refractivity contribution in [3.63, 3.8) is 0 Å². The van der Waals surface area contributed by atoms with Crippen LogP contribution in [0, 0.1) is 0 Å². The summed E-state index contributed by atoms with van der Waals surface area (Å²) in [6.07, 6.45) is 3.05. The van der Waals surface area contributed by atoms with Gasteiger partial charge in [0.25, 0.3) is 0 Å². The van der Waals surface area contributed by atoms with E-state index in [1.807, 2.05) is 12.1 Å². The highest BCUT2D eigenvalue weighted by atomic mass is 16.3. The smallest absolute Gasteiger partial charge is 0.248 e. The quantitative estimate of drug-likeness (QED) is 0.447. The van der Waals surface area contributed by atoms with Crippen LogP contribution in [0.5, 0.6) is 5.75 Å². The van der Waals surface area contributed by atoms with Gasteiger partial charge < -0.3 is 16.2 Å². The second kappa shape index (κ2) is 5.73. The van der Waals surface area contributed by atoms with E-state index in [1.165, 1.54) is 12.1 Å². The SMILES string of the molecule is Nc1cccc(/C=C/C(=O)Nc2ccccc2O)c1. The Bertz CT molecular complexity index is 621. The predicted octanol–water partition coefficient (Wildman–Crippen LogP) is 2.63. The standard InChI is InChI=1S/C15H14N2O2/c16-12-5-3-4-11(10-12)8-9-15(19)17-13-6-1-2-7-14(13)18/h1-10,18H,16H2,(H,17,19)/b9-8+. The molecular formula is C15H14N2O2. The number of nitrogens with one attached hydrogen (secondary N) is 1. The van der Waals surface area contributed by atoms with Crippen LogP contribution in [0.2, 0.25) is 0 Å². The maximum absolute atomic E-state index is 11.7. The van der Waals surface area contributed by atoms with E-state index in [2.05, 4.69) is 5.32 Å². The van der Waals surface area contributed by atoms with Gasteiger partial charge in [0.1, 0.15) is 5.75 Å². The summed E-state index contributed by atoms with van der Waals surface area (Å²) < 4.78 is 0. The Morgan fingerprint density at radius 3 is 2.68 bits per heavy atom. The number of nitrogens with two attached hydrogens (primary N) is 1. The number of anilines is 2. The van der Waals surface area contributed by atoms with Gasteiger partial charge in [-0.15, -0.1) is 0 Å². The summed E-state index contributed by atoms with van der Waals surface area (Å²) in [7, 11) is 0. The Hall–Kier alpha value is -2.75. The van der Waals surface area contributed by atoms with Crippen molar-refractivity contribution in [2.24, 2.45) is 0 Å². The van der Waals surface area contributed by atoms with E-state index in [-0.39, 0.29) is 11.7 Å². The molecule has 0 heterocycles. The lowest BCUT2D eigenvalue weighted by molar-refractivity contribution is -0.111. The van der Waals surface area contributed by atoms with Crippen molar-refractivity contribution in [3.05, 3.63) is 60.2 Å². The van der Waals surface area contributed by atoms with E-state index < -0.39 is 0 Å². The van der Waals surface area contributed by atoms with Crippen LogP contribution in [0.3, 0.4) is 0 Å². The number of phenolic OH excluding ortho intramolecular Hbond substituents is 1. The number of benzene rings is 2. The van der Waals surface area contributed by atoms with Crippen LogP contribution < -0.4 is 11.1 Å². The van der Waals surface area contributed by atoms with Gasteiger partial charge in [0.15, 0.2) is 0 Å². The van der Waals surface area contributed by atoms with Crippen molar-refractivity contribution in [1.29, 1.82) is 0 Å². The highest BCUT2D eigenvalue weighted by molar-refractivity contribution is 6.02. The Labute approximate surface area is 111 Å². The van der Waals surface area contributed by atoms with Gasteiger partial charge in [-0.05, 0) is 35.9 Å². The fourth-order valence-electron chi connectivity index (χ4n) is 1.59. The van der Waals surface area contributed by atoms with E-state index in [0.29, 0.717) is 11.4 Å². The van der Waals surface area contributed by atoms with Crippen molar-refractivity contribution < 1.29 is 9.90 Å². The predicted molar refractivity (Wildman–Crippen MR) is 76.6 cm³/mol. The third kappa shape index (κ3) is 3.61. The molecule has 0 unspecified atom stereocenters. The number of hydrogen-bond donors (Lipinski definition) is 3. The first-order valence-corrected chi connectivity index (χ1v) is 5.78. The third-order valence-corrected chi connectivity index (χ3v) is 2.50. The fourth-order valence-corrected chi connectivity index (χ4v) is 1.59. The van der Waals surface area contributed by atoms with Gasteiger partial charge in [0.2, 0.25) is 5.91 Å². The number of rotatable bonds is 3. The van der Waals surface area contributed by atoms with Gasteiger partial charge >= 0.3 is 0 Å². The summed E-state index contributed by atoms with van der Waals surface area (Å²) >= 11 is 0. The first-order chi connectivity index (χ1) is 9.15.